The second-order valence-corrected chi connectivity index (χ2v) is 10.5. The summed E-state index contributed by atoms with van der Waals surface area (Å²) in [5.41, 5.74) is 2.13. The molecule has 0 atom stereocenters. The van der Waals surface area contributed by atoms with Gasteiger partial charge in [-0.1, -0.05) is 30.3 Å². The first-order chi connectivity index (χ1) is 18.7. The molecule has 2 heterocycles. The van der Waals surface area contributed by atoms with Gasteiger partial charge in [-0.25, -0.2) is 14.1 Å². The summed E-state index contributed by atoms with van der Waals surface area (Å²) in [5.74, 6) is -0.290. The van der Waals surface area contributed by atoms with E-state index < -0.39 is 17.8 Å². The van der Waals surface area contributed by atoms with Gasteiger partial charge >= 0.3 is 6.36 Å². The number of piperidine rings is 2. The van der Waals surface area contributed by atoms with Crippen LogP contribution in [0.25, 0.3) is 0 Å². The number of likely N-dealkylation sites (N-methyl/N-ethyl adjacent to an activating group) is 1. The van der Waals surface area contributed by atoms with E-state index in [1.807, 2.05) is 23.7 Å². The number of likely N-dealkylation sites (tertiary alicyclic amines) is 1. The quantitative estimate of drug-likeness (QED) is 0.187. The molecule has 2 aliphatic heterocycles. The molecule has 0 aliphatic carbocycles. The molecule has 1 amide bonds. The molecule has 2 fully saturated rings. The lowest BCUT2D eigenvalue weighted by atomic mass is 9.86. The fourth-order valence-corrected chi connectivity index (χ4v) is 5.57. The maximum Gasteiger partial charge on any atom is 0.573 e. The van der Waals surface area contributed by atoms with Crippen molar-refractivity contribution in [3.63, 3.8) is 0 Å². The summed E-state index contributed by atoms with van der Waals surface area (Å²) in [4.78, 5) is 15.1. The number of amides is 1. The summed E-state index contributed by atoms with van der Waals surface area (Å²) < 4.78 is 54.5. The van der Waals surface area contributed by atoms with Gasteiger partial charge in [0.1, 0.15) is 35.4 Å². The number of halogens is 3. The number of nitrogens with zero attached hydrogens (tertiary/aromatic N) is 3. The van der Waals surface area contributed by atoms with E-state index >= 15 is 0 Å². The highest BCUT2D eigenvalue weighted by Gasteiger charge is 2.46. The molecule has 39 heavy (non-hydrogen) atoms. The Morgan fingerprint density at radius 3 is 2.26 bits per heavy atom. The molecule has 9 nitrogen and oxygen atoms in total. The van der Waals surface area contributed by atoms with Gasteiger partial charge in [-0.3, -0.25) is 14.9 Å². The molecule has 0 radical (unpaired) electrons. The van der Waals surface area contributed by atoms with Crippen molar-refractivity contribution in [2.75, 3.05) is 33.2 Å². The maximum atomic E-state index is 12.8. The molecule has 2 aromatic carbocycles. The van der Waals surface area contributed by atoms with Crippen LogP contribution in [-0.4, -0.2) is 76.6 Å². The van der Waals surface area contributed by atoms with Crippen LogP contribution in [0.5, 0.6) is 11.5 Å². The Kier molecular flexibility index (Phi) is 9.96. The van der Waals surface area contributed by atoms with Gasteiger partial charge in [0.2, 0.25) is 0 Å². The smallest absolute Gasteiger partial charge is 0.490 e. The molecular weight excluding hydrogens is 537 g/mol. The Hall–Kier alpha value is -2.55. The van der Waals surface area contributed by atoms with Crippen LogP contribution in [0.4, 0.5) is 13.2 Å². The van der Waals surface area contributed by atoms with Gasteiger partial charge in [0, 0.05) is 39.8 Å². The molecule has 214 valence electrons. The number of nitrogens with one attached hydrogen (secondary N) is 1. The zero-order chi connectivity index (χ0) is 27.9. The summed E-state index contributed by atoms with van der Waals surface area (Å²) >= 11 is 1.07. The average molecular weight is 571 g/mol. The average Bonchev–Trinajstić information content (AvgIpc) is 2.93. The number of ether oxygens (including phenoxy) is 2. The number of hydrogen-bond acceptors (Lipinski definition) is 9. The molecule has 2 saturated heterocycles. The monoisotopic (exact) mass is 570 g/mol. The predicted octanol–water partition coefficient (Wildman–Crippen LogP) is 4.40. The minimum Gasteiger partial charge on any atom is -0.490 e. The van der Waals surface area contributed by atoms with Gasteiger partial charge in [-0.2, -0.15) is 5.06 Å². The molecular formula is C26H33F3N4O5S. The number of hydroxylamine groups is 3. The summed E-state index contributed by atoms with van der Waals surface area (Å²) in [6.07, 6.45) is -2.47. The Balaban J connectivity index is 1.22. The van der Waals surface area contributed by atoms with E-state index in [0.717, 1.165) is 18.8 Å². The topological polar surface area (TPSA) is 86.7 Å². The molecule has 0 spiro atoms. The van der Waals surface area contributed by atoms with E-state index in [-0.39, 0.29) is 11.9 Å². The minimum absolute atomic E-state index is 0.109. The van der Waals surface area contributed by atoms with Crippen LogP contribution in [0.2, 0.25) is 0 Å². The fourth-order valence-electron chi connectivity index (χ4n) is 4.82. The summed E-state index contributed by atoms with van der Waals surface area (Å²) in [7, 11) is 1.79. The minimum atomic E-state index is -4.73. The zero-order valence-corrected chi connectivity index (χ0v) is 22.4. The Labute approximate surface area is 230 Å². The van der Waals surface area contributed by atoms with Crippen LogP contribution in [0.15, 0.2) is 54.6 Å². The highest BCUT2D eigenvalue weighted by molar-refractivity contribution is 7.92. The van der Waals surface area contributed by atoms with Crippen LogP contribution in [0.1, 0.15) is 31.2 Å². The van der Waals surface area contributed by atoms with E-state index in [4.69, 9.17) is 9.02 Å². The van der Waals surface area contributed by atoms with E-state index in [1.54, 1.807) is 16.4 Å². The molecule has 2 aliphatic rings. The lowest BCUT2D eigenvalue weighted by Crippen LogP contribution is -2.60. The highest BCUT2D eigenvalue weighted by Crippen LogP contribution is 2.35. The fraction of sp³-hybridized carbons (Fsp3) is 0.500. The van der Waals surface area contributed by atoms with Crippen LogP contribution in [0, 0.1) is 0 Å². The number of carbonyl (C=O) groups excluding carboxylic acids is 1. The molecule has 13 heteroatoms. The van der Waals surface area contributed by atoms with Gasteiger partial charge in [0.25, 0.3) is 5.91 Å². The Morgan fingerprint density at radius 2 is 1.67 bits per heavy atom. The molecule has 0 aromatic heterocycles. The third kappa shape index (κ3) is 8.22. The number of rotatable bonds is 10. The Bertz CT molecular complexity index is 1050. The molecule has 0 saturated carbocycles. The van der Waals surface area contributed by atoms with Crippen molar-refractivity contribution in [2.45, 2.75) is 50.2 Å². The SMILES string of the molecule is CN(SON1CCC(Oc2ccc(OC(F)(F)F)cc2)CC1)C1(C(=O)NO)CCN(Cc2ccccc2)CC1. The molecule has 2 aromatic rings. The van der Waals surface area contributed by atoms with Gasteiger partial charge in [0.15, 0.2) is 0 Å². The van der Waals surface area contributed by atoms with E-state index in [9.17, 15) is 23.2 Å². The lowest BCUT2D eigenvalue weighted by Gasteiger charge is -2.44. The van der Waals surface area contributed by atoms with E-state index in [2.05, 4.69) is 21.8 Å². The maximum absolute atomic E-state index is 12.8. The normalized spacial score (nSPS) is 19.1. The molecule has 0 unspecified atom stereocenters. The van der Waals surface area contributed by atoms with Crippen molar-refractivity contribution in [1.29, 1.82) is 0 Å². The third-order valence-corrected chi connectivity index (χ3v) is 7.92. The molecule has 4 rings (SSSR count). The molecule has 0 bridgehead atoms. The van der Waals surface area contributed by atoms with Crippen LogP contribution < -0.4 is 15.0 Å². The second kappa shape index (κ2) is 13.2. The second-order valence-electron chi connectivity index (χ2n) is 9.65. The van der Waals surface area contributed by atoms with Crippen molar-refractivity contribution in [3.05, 3.63) is 60.2 Å². The summed E-state index contributed by atoms with van der Waals surface area (Å²) in [6, 6.07) is 15.5. The van der Waals surface area contributed by atoms with Crippen LogP contribution in [-0.2, 0) is 15.6 Å². The zero-order valence-electron chi connectivity index (χ0n) is 21.6. The lowest BCUT2D eigenvalue weighted by molar-refractivity contribution is -0.274. The molecule has 2 N–H and O–H groups in total. The van der Waals surface area contributed by atoms with Crippen LogP contribution in [0.3, 0.4) is 0 Å². The Morgan fingerprint density at radius 1 is 1.05 bits per heavy atom. The van der Waals surface area contributed by atoms with Gasteiger partial charge in [-0.15, -0.1) is 13.2 Å². The first kappa shape index (κ1) is 29.4. The number of hydrogen-bond donors (Lipinski definition) is 2. The van der Waals surface area contributed by atoms with Crippen molar-refractivity contribution >= 4 is 18.1 Å². The third-order valence-electron chi connectivity index (χ3n) is 7.07. The standard InChI is InChI=1S/C26H33F3N4O5S/c1-31(25(24(34)30-35)13-17-32(18-14-25)19-20-5-3-2-4-6-20)39-38-33-15-11-22(12-16-33)36-21-7-9-23(10-8-21)37-26(27,28)29/h2-10,22,35H,11-19H2,1H3,(H,30,34). The van der Waals surface area contributed by atoms with Crippen molar-refractivity contribution < 1.29 is 36.9 Å². The number of alkyl halides is 3. The largest absolute Gasteiger partial charge is 0.573 e. The van der Waals surface area contributed by atoms with Crippen molar-refractivity contribution in [1.82, 2.24) is 19.7 Å². The van der Waals surface area contributed by atoms with E-state index in [1.165, 1.54) is 29.8 Å². The van der Waals surface area contributed by atoms with Gasteiger partial charge < -0.3 is 9.47 Å². The number of benzene rings is 2. The summed E-state index contributed by atoms with van der Waals surface area (Å²) in [6.45, 7) is 3.34. The van der Waals surface area contributed by atoms with Gasteiger partial charge in [0.05, 0.1) is 0 Å². The number of carbonyl (C=O) groups is 1. The highest BCUT2D eigenvalue weighted by atomic mass is 32.2. The van der Waals surface area contributed by atoms with Crippen molar-refractivity contribution in [3.8, 4) is 11.5 Å². The van der Waals surface area contributed by atoms with Crippen molar-refractivity contribution in [2.24, 2.45) is 0 Å². The van der Waals surface area contributed by atoms with Gasteiger partial charge in [-0.05, 0) is 55.5 Å². The first-order valence-corrected chi connectivity index (χ1v) is 13.4. The van der Waals surface area contributed by atoms with E-state index in [0.29, 0.717) is 57.6 Å². The first-order valence-electron chi connectivity index (χ1n) is 12.7. The van der Waals surface area contributed by atoms with Crippen LogP contribution >= 0.6 is 12.2 Å². The predicted molar refractivity (Wildman–Crippen MR) is 138 cm³/mol. The summed E-state index contributed by atoms with van der Waals surface area (Å²) in [5, 5.41) is 11.3.